The largest absolute Gasteiger partial charge is 0.325 e. The molecule has 0 aromatic carbocycles. The smallest absolute Gasteiger partial charge is 0.0177 e. The molecule has 0 aliphatic heterocycles. The molecule has 2 atom stereocenters. The first-order chi connectivity index (χ1) is 4.69. The summed E-state index contributed by atoms with van der Waals surface area (Å²) in [6, 6.07) is 0. The average Bonchev–Trinajstić information content (AvgIpc) is 1.96. The van der Waals surface area contributed by atoms with Crippen molar-refractivity contribution in [3.8, 4) is 0 Å². The molecule has 1 heteroatoms. The first-order valence-corrected chi connectivity index (χ1v) is 4.48. The topological polar surface area (TPSA) is 26.0 Å². The van der Waals surface area contributed by atoms with Crippen molar-refractivity contribution in [2.45, 2.75) is 51.5 Å². The van der Waals surface area contributed by atoms with Crippen molar-refractivity contribution in [1.82, 2.24) is 0 Å². The van der Waals surface area contributed by atoms with Crippen LogP contribution in [-0.2, 0) is 0 Å². The van der Waals surface area contributed by atoms with Gasteiger partial charge in [-0.15, -0.1) is 0 Å². The van der Waals surface area contributed by atoms with Crippen molar-refractivity contribution in [1.29, 1.82) is 0 Å². The van der Waals surface area contributed by atoms with E-state index in [-0.39, 0.29) is 5.54 Å². The van der Waals surface area contributed by atoms with Gasteiger partial charge in [0.15, 0.2) is 0 Å². The Bertz CT molecular complexity index is 111. The molecule has 2 unspecified atom stereocenters. The van der Waals surface area contributed by atoms with Crippen LogP contribution in [0.3, 0.4) is 0 Å². The van der Waals surface area contributed by atoms with Crippen molar-refractivity contribution >= 4 is 0 Å². The fourth-order valence-corrected chi connectivity index (χ4v) is 1.96. The minimum absolute atomic E-state index is 0.179. The molecule has 1 fully saturated rings. The molecule has 1 aliphatic carbocycles. The van der Waals surface area contributed by atoms with Gasteiger partial charge in [-0.25, -0.2) is 0 Å². The van der Waals surface area contributed by atoms with Crippen LogP contribution in [-0.4, -0.2) is 5.54 Å². The van der Waals surface area contributed by atoms with Crippen molar-refractivity contribution < 1.29 is 0 Å². The first-order valence-electron chi connectivity index (χ1n) is 4.48. The van der Waals surface area contributed by atoms with Crippen LogP contribution in [0.2, 0.25) is 0 Å². The summed E-state index contributed by atoms with van der Waals surface area (Å²) >= 11 is 0. The second-order valence-corrected chi connectivity index (χ2v) is 3.73. The normalized spacial score (nSPS) is 41.7. The zero-order valence-corrected chi connectivity index (χ0v) is 7.19. The van der Waals surface area contributed by atoms with Gasteiger partial charge < -0.3 is 5.73 Å². The summed E-state index contributed by atoms with van der Waals surface area (Å²) in [4.78, 5) is 0. The van der Waals surface area contributed by atoms with Crippen molar-refractivity contribution in [3.05, 3.63) is 0 Å². The Kier molecular flexibility index (Phi) is 2.35. The predicted octanol–water partition coefficient (Wildman–Crippen LogP) is 2.30. The summed E-state index contributed by atoms with van der Waals surface area (Å²) in [5.74, 6) is 0.742. The van der Waals surface area contributed by atoms with Crippen LogP contribution < -0.4 is 5.73 Å². The summed E-state index contributed by atoms with van der Waals surface area (Å²) in [5, 5.41) is 0. The fraction of sp³-hybridized carbons (Fsp3) is 1.00. The average molecular weight is 141 g/mol. The van der Waals surface area contributed by atoms with E-state index in [9.17, 15) is 0 Å². The minimum atomic E-state index is 0.179. The molecule has 0 bridgehead atoms. The molecule has 0 aromatic heterocycles. The molecule has 10 heavy (non-hydrogen) atoms. The van der Waals surface area contributed by atoms with Crippen molar-refractivity contribution in [3.63, 3.8) is 0 Å². The molecule has 0 aromatic rings. The van der Waals surface area contributed by atoms with Gasteiger partial charge in [0.1, 0.15) is 0 Å². The van der Waals surface area contributed by atoms with E-state index in [1.807, 2.05) is 0 Å². The fourth-order valence-electron chi connectivity index (χ4n) is 1.96. The van der Waals surface area contributed by atoms with Gasteiger partial charge in [0.05, 0.1) is 0 Å². The maximum atomic E-state index is 6.20. The SMILES string of the molecule is CCC1(N)CCCCC1C. The Hall–Kier alpha value is -0.0400. The van der Waals surface area contributed by atoms with Crippen LogP contribution in [0.5, 0.6) is 0 Å². The lowest BCUT2D eigenvalue weighted by molar-refractivity contribution is 0.198. The Morgan fingerprint density at radius 2 is 2.20 bits per heavy atom. The van der Waals surface area contributed by atoms with Crippen molar-refractivity contribution in [2.24, 2.45) is 11.7 Å². The van der Waals surface area contributed by atoms with Gasteiger partial charge in [0.25, 0.3) is 0 Å². The Morgan fingerprint density at radius 3 is 2.60 bits per heavy atom. The maximum absolute atomic E-state index is 6.20. The summed E-state index contributed by atoms with van der Waals surface area (Å²) in [7, 11) is 0. The van der Waals surface area contributed by atoms with Crippen LogP contribution in [0.25, 0.3) is 0 Å². The summed E-state index contributed by atoms with van der Waals surface area (Å²) < 4.78 is 0. The Balaban J connectivity index is 2.54. The third-order valence-electron chi connectivity index (χ3n) is 3.17. The minimum Gasteiger partial charge on any atom is -0.325 e. The zero-order valence-electron chi connectivity index (χ0n) is 7.19. The number of hydrogen-bond acceptors (Lipinski definition) is 1. The van der Waals surface area contributed by atoms with Crippen LogP contribution in [0.1, 0.15) is 46.0 Å². The van der Waals surface area contributed by atoms with E-state index in [2.05, 4.69) is 13.8 Å². The van der Waals surface area contributed by atoms with E-state index in [1.165, 1.54) is 25.7 Å². The van der Waals surface area contributed by atoms with Crippen molar-refractivity contribution in [2.75, 3.05) is 0 Å². The van der Waals surface area contributed by atoms with E-state index < -0.39 is 0 Å². The standard InChI is InChI=1S/C9H19N/c1-3-9(10)7-5-4-6-8(9)2/h8H,3-7,10H2,1-2H3. The van der Waals surface area contributed by atoms with Crippen LogP contribution in [0, 0.1) is 5.92 Å². The highest BCUT2D eigenvalue weighted by molar-refractivity contribution is 4.90. The molecule has 1 rings (SSSR count). The van der Waals surface area contributed by atoms with Gasteiger partial charge in [-0.3, -0.25) is 0 Å². The third-order valence-corrected chi connectivity index (χ3v) is 3.17. The number of hydrogen-bond donors (Lipinski definition) is 1. The molecule has 0 saturated heterocycles. The summed E-state index contributed by atoms with van der Waals surface area (Å²) in [6.45, 7) is 4.50. The molecule has 1 aliphatic rings. The molecule has 60 valence electrons. The van der Waals surface area contributed by atoms with E-state index in [0.717, 1.165) is 12.3 Å². The maximum Gasteiger partial charge on any atom is 0.0177 e. The zero-order chi connectivity index (χ0) is 7.61. The Morgan fingerprint density at radius 1 is 1.50 bits per heavy atom. The lowest BCUT2D eigenvalue weighted by Gasteiger charge is -2.38. The number of rotatable bonds is 1. The van der Waals surface area contributed by atoms with Gasteiger partial charge in [-0.2, -0.15) is 0 Å². The van der Waals surface area contributed by atoms with Crippen LogP contribution >= 0.6 is 0 Å². The third kappa shape index (κ3) is 1.34. The molecule has 0 amide bonds. The molecule has 1 nitrogen and oxygen atoms in total. The predicted molar refractivity (Wildman–Crippen MR) is 44.8 cm³/mol. The van der Waals surface area contributed by atoms with E-state index in [0.29, 0.717) is 0 Å². The second kappa shape index (κ2) is 2.91. The highest BCUT2D eigenvalue weighted by Crippen LogP contribution is 2.33. The monoisotopic (exact) mass is 141 g/mol. The quantitative estimate of drug-likeness (QED) is 0.595. The lowest BCUT2D eigenvalue weighted by Crippen LogP contribution is -2.47. The van der Waals surface area contributed by atoms with Gasteiger partial charge in [0.2, 0.25) is 0 Å². The highest BCUT2D eigenvalue weighted by atomic mass is 14.8. The van der Waals surface area contributed by atoms with Gasteiger partial charge in [-0.1, -0.05) is 26.7 Å². The van der Waals surface area contributed by atoms with Gasteiger partial charge >= 0.3 is 0 Å². The summed E-state index contributed by atoms with van der Waals surface area (Å²) in [5.41, 5.74) is 6.38. The van der Waals surface area contributed by atoms with E-state index >= 15 is 0 Å². The second-order valence-electron chi connectivity index (χ2n) is 3.73. The molecular weight excluding hydrogens is 122 g/mol. The van der Waals surface area contributed by atoms with Crippen LogP contribution in [0.15, 0.2) is 0 Å². The molecular formula is C9H19N. The number of nitrogens with two attached hydrogens (primary N) is 1. The molecule has 0 spiro atoms. The highest BCUT2D eigenvalue weighted by Gasteiger charge is 2.31. The molecule has 0 heterocycles. The van der Waals surface area contributed by atoms with E-state index in [4.69, 9.17) is 5.73 Å². The van der Waals surface area contributed by atoms with Gasteiger partial charge in [-0.05, 0) is 25.2 Å². The first kappa shape index (κ1) is 8.06. The Labute approximate surface area is 64.0 Å². The summed E-state index contributed by atoms with van der Waals surface area (Å²) in [6.07, 6.45) is 6.46. The molecule has 1 saturated carbocycles. The van der Waals surface area contributed by atoms with Gasteiger partial charge in [0, 0.05) is 5.54 Å². The lowest BCUT2D eigenvalue weighted by atomic mass is 9.73. The molecule has 0 radical (unpaired) electrons. The van der Waals surface area contributed by atoms with E-state index in [1.54, 1.807) is 0 Å². The van der Waals surface area contributed by atoms with Crippen LogP contribution in [0.4, 0.5) is 0 Å². The molecule has 2 N–H and O–H groups in total.